The number of esters is 2. The van der Waals surface area contributed by atoms with E-state index in [0.717, 1.165) is 32.1 Å². The van der Waals surface area contributed by atoms with Gasteiger partial charge in [-0.2, -0.15) is 0 Å². The fraction of sp³-hybridized carbons (Fsp3) is 0.908. The van der Waals surface area contributed by atoms with Gasteiger partial charge in [0.15, 0.2) is 6.10 Å². The number of allylic oxidation sites excluding steroid dienone is 4. The van der Waals surface area contributed by atoms with Crippen LogP contribution >= 0.6 is 0 Å². The summed E-state index contributed by atoms with van der Waals surface area (Å²) in [4.78, 5) is 25.6. The van der Waals surface area contributed by atoms with Gasteiger partial charge in [0.1, 0.15) is 6.61 Å². The van der Waals surface area contributed by atoms with E-state index in [1.807, 2.05) is 0 Å². The maximum atomic E-state index is 12.9. The van der Waals surface area contributed by atoms with E-state index < -0.39 is 6.10 Å². The molecule has 0 aromatic heterocycles. The Kier molecular flexibility index (Phi) is 60.3. The number of hydrogen-bond donors (Lipinski definition) is 0. The van der Waals surface area contributed by atoms with Crippen LogP contribution in [0.2, 0.25) is 0 Å². The van der Waals surface area contributed by atoms with Crippen LogP contribution in [0.15, 0.2) is 24.3 Å². The maximum absolute atomic E-state index is 12.9. The average molecular weight is 986 g/mol. The Hall–Kier alpha value is -1.62. The molecule has 0 aromatic rings. The van der Waals surface area contributed by atoms with Crippen molar-refractivity contribution in [2.45, 2.75) is 361 Å². The van der Waals surface area contributed by atoms with Crippen LogP contribution in [-0.4, -0.2) is 37.9 Å². The molecule has 0 rings (SSSR count). The molecule has 0 heterocycles. The smallest absolute Gasteiger partial charge is 0.306 e. The molecule has 0 aliphatic rings. The molecule has 0 radical (unpaired) electrons. The topological polar surface area (TPSA) is 61.8 Å². The fourth-order valence-electron chi connectivity index (χ4n) is 9.68. The van der Waals surface area contributed by atoms with Gasteiger partial charge in [0.05, 0.1) is 6.61 Å². The third-order valence-corrected chi connectivity index (χ3v) is 14.5. The molecule has 0 N–H and O–H groups in total. The van der Waals surface area contributed by atoms with Gasteiger partial charge in [-0.05, 0) is 70.6 Å². The van der Waals surface area contributed by atoms with Crippen molar-refractivity contribution in [3.05, 3.63) is 24.3 Å². The zero-order valence-corrected chi connectivity index (χ0v) is 47.8. The molecule has 1 atom stereocenters. The molecule has 414 valence electrons. The molecule has 5 nitrogen and oxygen atoms in total. The third kappa shape index (κ3) is 58.9. The Morgan fingerprint density at radius 3 is 0.871 bits per heavy atom. The molecule has 0 bridgehead atoms. The van der Waals surface area contributed by atoms with Crippen molar-refractivity contribution >= 4 is 11.9 Å². The Balaban J connectivity index is 4.22. The molecule has 70 heavy (non-hydrogen) atoms. The first-order valence-corrected chi connectivity index (χ1v) is 31.9. The summed E-state index contributed by atoms with van der Waals surface area (Å²) in [6.07, 6.45) is 75.0. The van der Waals surface area contributed by atoms with Crippen LogP contribution in [0.4, 0.5) is 0 Å². The Morgan fingerprint density at radius 1 is 0.300 bits per heavy atom. The molecule has 5 heteroatoms. The minimum Gasteiger partial charge on any atom is -0.462 e. The van der Waals surface area contributed by atoms with Gasteiger partial charge in [-0.25, -0.2) is 0 Å². The van der Waals surface area contributed by atoms with Crippen molar-refractivity contribution in [1.82, 2.24) is 0 Å². The summed E-state index contributed by atoms with van der Waals surface area (Å²) < 4.78 is 17.6. The molecule has 0 aliphatic carbocycles. The highest BCUT2D eigenvalue weighted by molar-refractivity contribution is 5.70. The normalized spacial score (nSPS) is 12.2. The summed E-state index contributed by atoms with van der Waals surface area (Å²) in [7, 11) is 0. The second kappa shape index (κ2) is 61.7. The lowest BCUT2D eigenvalue weighted by Crippen LogP contribution is -2.30. The van der Waals surface area contributed by atoms with Crippen LogP contribution in [-0.2, 0) is 23.8 Å². The van der Waals surface area contributed by atoms with E-state index in [1.165, 1.54) is 289 Å². The van der Waals surface area contributed by atoms with Gasteiger partial charge in [0.2, 0.25) is 0 Å². The average Bonchev–Trinajstić information content (AvgIpc) is 3.36. The van der Waals surface area contributed by atoms with Crippen molar-refractivity contribution < 1.29 is 23.8 Å². The van der Waals surface area contributed by atoms with E-state index in [1.54, 1.807) is 0 Å². The quantitative estimate of drug-likeness (QED) is 0.0345. The summed E-state index contributed by atoms with van der Waals surface area (Å²) >= 11 is 0. The lowest BCUT2D eigenvalue weighted by atomic mass is 10.0. The van der Waals surface area contributed by atoms with Crippen molar-refractivity contribution in [3.8, 4) is 0 Å². The second-order valence-corrected chi connectivity index (χ2v) is 21.7. The highest BCUT2D eigenvalue weighted by Gasteiger charge is 2.18. The zero-order chi connectivity index (χ0) is 50.6. The van der Waals surface area contributed by atoms with Crippen LogP contribution in [0.5, 0.6) is 0 Å². The Labute approximate surface area is 438 Å². The van der Waals surface area contributed by atoms with Crippen LogP contribution < -0.4 is 0 Å². The van der Waals surface area contributed by atoms with Gasteiger partial charge in [0.25, 0.3) is 0 Å². The molecule has 0 aliphatic heterocycles. The number of ether oxygens (including phenoxy) is 3. The maximum Gasteiger partial charge on any atom is 0.306 e. The molecule has 0 spiro atoms. The summed E-state index contributed by atoms with van der Waals surface area (Å²) in [6, 6.07) is 0. The first kappa shape index (κ1) is 68.4. The van der Waals surface area contributed by atoms with Gasteiger partial charge in [0, 0.05) is 19.4 Å². The highest BCUT2D eigenvalue weighted by atomic mass is 16.6. The predicted molar refractivity (Wildman–Crippen MR) is 307 cm³/mol. The van der Waals surface area contributed by atoms with E-state index in [9.17, 15) is 9.59 Å². The molecule has 1 unspecified atom stereocenters. The van der Waals surface area contributed by atoms with Gasteiger partial charge in [-0.3, -0.25) is 9.59 Å². The van der Waals surface area contributed by atoms with Crippen LogP contribution in [0.3, 0.4) is 0 Å². The minimum absolute atomic E-state index is 0.0912. The summed E-state index contributed by atoms with van der Waals surface area (Å²) in [6.45, 7) is 7.90. The van der Waals surface area contributed by atoms with Gasteiger partial charge in [-0.15, -0.1) is 0 Å². The second-order valence-electron chi connectivity index (χ2n) is 21.7. The molecule has 0 amide bonds. The molecule has 0 saturated heterocycles. The van der Waals surface area contributed by atoms with Crippen LogP contribution in [0.1, 0.15) is 355 Å². The predicted octanol–water partition coefficient (Wildman–Crippen LogP) is 21.9. The van der Waals surface area contributed by atoms with Gasteiger partial charge in [-0.1, -0.05) is 295 Å². The number of carbonyl (C=O) groups is 2. The lowest BCUT2D eigenvalue weighted by Gasteiger charge is -2.18. The van der Waals surface area contributed by atoms with Crippen molar-refractivity contribution in [2.24, 2.45) is 0 Å². The monoisotopic (exact) mass is 985 g/mol. The van der Waals surface area contributed by atoms with Crippen molar-refractivity contribution in [3.63, 3.8) is 0 Å². The van der Waals surface area contributed by atoms with E-state index in [0.29, 0.717) is 26.1 Å². The number of unbranched alkanes of at least 4 members (excludes halogenated alkanes) is 45. The molecule has 0 fully saturated rings. The molecule has 0 aromatic carbocycles. The molecular formula is C65H124O5. The molecular weight excluding hydrogens is 861 g/mol. The largest absolute Gasteiger partial charge is 0.462 e. The van der Waals surface area contributed by atoms with Crippen LogP contribution in [0.25, 0.3) is 0 Å². The summed E-state index contributed by atoms with van der Waals surface area (Å²) in [5.74, 6) is -0.376. The highest BCUT2D eigenvalue weighted by Crippen LogP contribution is 2.17. The van der Waals surface area contributed by atoms with Gasteiger partial charge < -0.3 is 14.2 Å². The standard InChI is InChI=1S/C65H124O5/c1-4-7-10-13-16-19-22-25-28-31-33-35-37-40-43-46-49-52-55-58-64(66)69-62-63(61-68-60-57-54-51-48-45-42-39-30-27-24-21-18-15-12-9-6-3)70-65(67)59-56-53-50-47-44-41-38-36-34-32-29-26-23-20-17-14-11-8-5-2/h25-26,28-29,63H,4-24,27,30-62H2,1-3H3/b28-25-,29-26-. The van der Waals surface area contributed by atoms with E-state index >= 15 is 0 Å². The number of rotatable bonds is 60. The Bertz CT molecular complexity index is 1070. The summed E-state index contributed by atoms with van der Waals surface area (Å²) in [5.41, 5.74) is 0. The van der Waals surface area contributed by atoms with Gasteiger partial charge >= 0.3 is 11.9 Å². The van der Waals surface area contributed by atoms with E-state index in [4.69, 9.17) is 14.2 Å². The Morgan fingerprint density at radius 2 is 0.557 bits per heavy atom. The first-order valence-electron chi connectivity index (χ1n) is 31.9. The SMILES string of the molecule is CCCCCCCC/C=C\CCCCCCCCCCCC(=O)OCC(COCCCCCCCCCCCCCCCCCC)OC(=O)CCCCCCCCCCC/C=C\CCCCCCCC. The fourth-order valence-corrected chi connectivity index (χ4v) is 9.68. The lowest BCUT2D eigenvalue weighted by molar-refractivity contribution is -0.163. The summed E-state index contributed by atoms with van der Waals surface area (Å²) in [5, 5.41) is 0. The minimum atomic E-state index is -0.533. The van der Waals surface area contributed by atoms with E-state index in [-0.39, 0.29) is 18.5 Å². The van der Waals surface area contributed by atoms with Crippen LogP contribution in [0, 0.1) is 0 Å². The van der Waals surface area contributed by atoms with Crippen molar-refractivity contribution in [2.75, 3.05) is 19.8 Å². The molecule has 0 saturated carbocycles. The first-order chi connectivity index (χ1) is 34.6. The zero-order valence-electron chi connectivity index (χ0n) is 47.8. The number of hydrogen-bond acceptors (Lipinski definition) is 5. The van der Waals surface area contributed by atoms with E-state index in [2.05, 4.69) is 45.1 Å². The number of carbonyl (C=O) groups excluding carboxylic acids is 2. The third-order valence-electron chi connectivity index (χ3n) is 14.5. The van der Waals surface area contributed by atoms with Crippen molar-refractivity contribution in [1.29, 1.82) is 0 Å².